The van der Waals surface area contributed by atoms with Gasteiger partial charge in [-0.1, -0.05) is 0 Å². The van der Waals surface area contributed by atoms with Gasteiger partial charge in [-0.3, -0.25) is 14.2 Å². The first-order valence-corrected chi connectivity index (χ1v) is 8.68. The van der Waals surface area contributed by atoms with Crippen LogP contribution in [0, 0.1) is 5.82 Å². The van der Waals surface area contributed by atoms with E-state index in [1.807, 2.05) is 0 Å². The molecular weight excluding hydrogens is 396 g/mol. The maximum Gasteiger partial charge on any atom is 0.417 e. The van der Waals surface area contributed by atoms with Crippen LogP contribution >= 0.6 is 0 Å². The predicted octanol–water partition coefficient (Wildman–Crippen LogP) is 1.20. The van der Waals surface area contributed by atoms with Crippen molar-refractivity contribution in [2.24, 2.45) is 14.1 Å². The Morgan fingerprint density at radius 1 is 1.03 bits per heavy atom. The Morgan fingerprint density at radius 3 is 2.24 bits per heavy atom. The Balaban J connectivity index is 1.81. The number of halogens is 4. The van der Waals surface area contributed by atoms with E-state index < -0.39 is 40.3 Å². The molecule has 156 valence electrons. The van der Waals surface area contributed by atoms with Crippen LogP contribution in [0.2, 0.25) is 0 Å². The third-order valence-electron chi connectivity index (χ3n) is 4.85. The van der Waals surface area contributed by atoms with Gasteiger partial charge in [-0.25, -0.2) is 9.18 Å². The Morgan fingerprint density at radius 2 is 1.66 bits per heavy atom. The van der Waals surface area contributed by atoms with Crippen molar-refractivity contribution in [3.8, 4) is 0 Å². The van der Waals surface area contributed by atoms with E-state index in [0.29, 0.717) is 6.07 Å². The average Bonchev–Trinajstić information content (AvgIpc) is 2.68. The van der Waals surface area contributed by atoms with Crippen LogP contribution in [0.25, 0.3) is 0 Å². The molecule has 2 aromatic rings. The van der Waals surface area contributed by atoms with Crippen LogP contribution in [-0.2, 0) is 20.3 Å². The Kier molecular flexibility index (Phi) is 5.24. The number of alkyl halides is 3. The highest BCUT2D eigenvalue weighted by Gasteiger charge is 2.37. The van der Waals surface area contributed by atoms with E-state index in [0.717, 1.165) is 16.7 Å². The molecule has 29 heavy (non-hydrogen) atoms. The highest BCUT2D eigenvalue weighted by Crippen LogP contribution is 2.33. The summed E-state index contributed by atoms with van der Waals surface area (Å²) in [5.74, 6) is -1.94. The number of aromatic nitrogens is 2. The van der Waals surface area contributed by atoms with E-state index >= 15 is 0 Å². The van der Waals surface area contributed by atoms with Crippen molar-refractivity contribution < 1.29 is 22.4 Å². The van der Waals surface area contributed by atoms with Crippen molar-refractivity contribution in [2.75, 3.05) is 31.1 Å². The molecule has 1 saturated heterocycles. The van der Waals surface area contributed by atoms with Crippen LogP contribution < -0.4 is 16.1 Å². The average molecular weight is 414 g/mol. The summed E-state index contributed by atoms with van der Waals surface area (Å²) in [6.07, 6.45) is -3.47. The van der Waals surface area contributed by atoms with Gasteiger partial charge in [0.2, 0.25) is 0 Å². The molecule has 0 bridgehead atoms. The molecular formula is C18H18F4N4O3. The van der Waals surface area contributed by atoms with Gasteiger partial charge in [0.25, 0.3) is 11.5 Å². The molecule has 0 radical (unpaired) electrons. The Labute approximate surface area is 162 Å². The number of benzene rings is 1. The molecule has 0 saturated carbocycles. The van der Waals surface area contributed by atoms with Crippen molar-refractivity contribution in [3.63, 3.8) is 0 Å². The summed E-state index contributed by atoms with van der Waals surface area (Å²) in [6.45, 7) is 0.530. The number of piperazine rings is 1. The molecule has 0 unspecified atom stereocenters. The van der Waals surface area contributed by atoms with E-state index in [1.54, 1.807) is 4.90 Å². The van der Waals surface area contributed by atoms with Gasteiger partial charge >= 0.3 is 11.9 Å². The number of carbonyl (C=O) groups excluding carboxylic acids is 1. The molecule has 0 N–H and O–H groups in total. The minimum atomic E-state index is -4.87. The lowest BCUT2D eigenvalue weighted by molar-refractivity contribution is -0.138. The summed E-state index contributed by atoms with van der Waals surface area (Å²) in [5, 5.41) is 0. The van der Waals surface area contributed by atoms with Gasteiger partial charge in [-0.2, -0.15) is 13.2 Å². The molecule has 0 atom stereocenters. The van der Waals surface area contributed by atoms with Crippen LogP contribution in [0.5, 0.6) is 0 Å². The second kappa shape index (κ2) is 7.37. The molecule has 1 aliphatic rings. The molecule has 3 rings (SSSR count). The second-order valence-corrected chi connectivity index (χ2v) is 6.74. The zero-order valence-corrected chi connectivity index (χ0v) is 15.7. The van der Waals surface area contributed by atoms with Crippen molar-refractivity contribution in [1.29, 1.82) is 0 Å². The van der Waals surface area contributed by atoms with Crippen LogP contribution in [-0.4, -0.2) is 46.1 Å². The number of amides is 1. The van der Waals surface area contributed by atoms with Crippen molar-refractivity contribution in [2.45, 2.75) is 6.18 Å². The van der Waals surface area contributed by atoms with Gasteiger partial charge in [0.15, 0.2) is 0 Å². The van der Waals surface area contributed by atoms with Crippen LogP contribution in [0.1, 0.15) is 15.9 Å². The summed E-state index contributed by atoms with van der Waals surface area (Å²) in [4.78, 5) is 39.6. The fourth-order valence-corrected chi connectivity index (χ4v) is 3.26. The van der Waals surface area contributed by atoms with Crippen LogP contribution in [0.3, 0.4) is 0 Å². The minimum Gasteiger partial charge on any atom is -0.362 e. The van der Waals surface area contributed by atoms with Crippen molar-refractivity contribution in [1.82, 2.24) is 14.0 Å². The number of anilines is 1. The monoisotopic (exact) mass is 414 g/mol. The highest BCUT2D eigenvalue weighted by atomic mass is 19.4. The smallest absolute Gasteiger partial charge is 0.362 e. The summed E-state index contributed by atoms with van der Waals surface area (Å²) >= 11 is 0. The maximum atomic E-state index is 13.3. The van der Waals surface area contributed by atoms with E-state index in [-0.39, 0.29) is 31.9 Å². The van der Waals surface area contributed by atoms with E-state index in [4.69, 9.17) is 0 Å². The number of carbonyl (C=O) groups is 1. The van der Waals surface area contributed by atoms with Crippen molar-refractivity contribution >= 4 is 11.6 Å². The first-order chi connectivity index (χ1) is 13.5. The maximum absolute atomic E-state index is 13.3. The molecule has 7 nitrogen and oxygen atoms in total. The summed E-state index contributed by atoms with van der Waals surface area (Å²) in [6, 6.07) is 1.94. The van der Waals surface area contributed by atoms with Gasteiger partial charge < -0.3 is 14.4 Å². The molecule has 1 amide bonds. The predicted molar refractivity (Wildman–Crippen MR) is 96.4 cm³/mol. The van der Waals surface area contributed by atoms with Crippen molar-refractivity contribution in [3.05, 3.63) is 62.2 Å². The zero-order valence-electron chi connectivity index (χ0n) is 15.7. The lowest BCUT2D eigenvalue weighted by Gasteiger charge is -2.36. The SMILES string of the molecule is Cn1cc(N2CCN(C(=O)c3ccc(F)cc3C(F)(F)F)CC2)c(=O)n(C)c1=O. The molecule has 2 heterocycles. The number of hydrogen-bond donors (Lipinski definition) is 0. The Bertz CT molecular complexity index is 1070. The highest BCUT2D eigenvalue weighted by molar-refractivity contribution is 5.96. The summed E-state index contributed by atoms with van der Waals surface area (Å²) < 4.78 is 55.0. The lowest BCUT2D eigenvalue weighted by Crippen LogP contribution is -2.51. The molecule has 0 aliphatic carbocycles. The largest absolute Gasteiger partial charge is 0.417 e. The fourth-order valence-electron chi connectivity index (χ4n) is 3.26. The van der Waals surface area contributed by atoms with Gasteiger partial charge in [0.05, 0.1) is 11.1 Å². The van der Waals surface area contributed by atoms with Crippen LogP contribution in [0.4, 0.5) is 23.2 Å². The van der Waals surface area contributed by atoms with Crippen LogP contribution in [0.15, 0.2) is 34.0 Å². The number of hydrogen-bond acceptors (Lipinski definition) is 4. The van der Waals surface area contributed by atoms with Gasteiger partial charge in [0.1, 0.15) is 11.5 Å². The number of aryl methyl sites for hydroxylation is 1. The minimum absolute atomic E-state index is 0.0690. The summed E-state index contributed by atoms with van der Waals surface area (Å²) in [7, 11) is 2.85. The molecule has 0 spiro atoms. The molecule has 1 aliphatic heterocycles. The first-order valence-electron chi connectivity index (χ1n) is 8.68. The number of nitrogens with zero attached hydrogens (tertiary/aromatic N) is 4. The first kappa shape index (κ1) is 20.6. The Hall–Kier alpha value is -3.11. The third-order valence-corrected chi connectivity index (χ3v) is 4.85. The zero-order chi connectivity index (χ0) is 21.5. The topological polar surface area (TPSA) is 67.5 Å². The molecule has 1 aromatic heterocycles. The molecule has 11 heteroatoms. The number of rotatable bonds is 2. The van der Waals surface area contributed by atoms with Gasteiger partial charge in [-0.05, 0) is 18.2 Å². The quantitative estimate of drug-likeness (QED) is 0.693. The normalized spacial score (nSPS) is 15.0. The molecule has 1 aromatic carbocycles. The van der Waals surface area contributed by atoms with E-state index in [9.17, 15) is 31.9 Å². The van der Waals surface area contributed by atoms with Gasteiger partial charge in [0, 0.05) is 46.5 Å². The van der Waals surface area contributed by atoms with E-state index in [2.05, 4.69) is 0 Å². The van der Waals surface area contributed by atoms with Gasteiger partial charge in [-0.15, -0.1) is 0 Å². The fraction of sp³-hybridized carbons (Fsp3) is 0.389. The lowest BCUT2D eigenvalue weighted by atomic mass is 10.0. The van der Waals surface area contributed by atoms with E-state index in [1.165, 1.54) is 29.8 Å². The molecule has 1 fully saturated rings. The third kappa shape index (κ3) is 3.89. The standard InChI is InChI=1S/C18H18F4N4O3/c1-23-10-14(16(28)24(2)17(23)29)25-5-7-26(8-6-25)15(27)12-4-3-11(19)9-13(12)18(20,21)22/h3-4,9-10H,5-8H2,1-2H3. The summed E-state index contributed by atoms with van der Waals surface area (Å²) in [5.41, 5.74) is -2.66. The second-order valence-electron chi connectivity index (χ2n) is 6.74.